The van der Waals surface area contributed by atoms with Gasteiger partial charge in [0.05, 0.1) is 5.39 Å². The summed E-state index contributed by atoms with van der Waals surface area (Å²) in [6.07, 6.45) is 3.04. The summed E-state index contributed by atoms with van der Waals surface area (Å²) < 4.78 is 5.52. The molecule has 3 aromatic carbocycles. The van der Waals surface area contributed by atoms with Crippen molar-refractivity contribution in [3.05, 3.63) is 96.1 Å². The fourth-order valence-electron chi connectivity index (χ4n) is 3.47. The van der Waals surface area contributed by atoms with Crippen molar-refractivity contribution in [3.63, 3.8) is 0 Å². The molecular formula is C24H16N4O3. The molecular weight excluding hydrogens is 392 g/mol. The fraction of sp³-hybridized carbons (Fsp3) is 0.0417. The van der Waals surface area contributed by atoms with Crippen LogP contribution >= 0.6 is 0 Å². The molecule has 7 nitrogen and oxygen atoms in total. The van der Waals surface area contributed by atoms with Crippen LogP contribution in [-0.2, 0) is 4.79 Å². The van der Waals surface area contributed by atoms with E-state index in [2.05, 4.69) is 20.7 Å². The number of hydrogen-bond donors (Lipinski definition) is 1. The van der Waals surface area contributed by atoms with E-state index in [0.29, 0.717) is 22.5 Å². The van der Waals surface area contributed by atoms with Crippen LogP contribution < -0.4 is 5.32 Å². The number of hydrogen-bond acceptors (Lipinski definition) is 5. The normalized spacial score (nSPS) is 15.4. The molecule has 0 saturated heterocycles. The van der Waals surface area contributed by atoms with Gasteiger partial charge < -0.3 is 9.84 Å². The topological polar surface area (TPSA) is 96.9 Å². The number of carbonyl (C=O) groups is 2. The molecule has 0 fully saturated rings. The van der Waals surface area contributed by atoms with Crippen molar-refractivity contribution in [1.29, 1.82) is 0 Å². The number of fused-ring (bicyclic) bond motifs is 1. The fourth-order valence-corrected chi connectivity index (χ4v) is 3.47. The van der Waals surface area contributed by atoms with E-state index in [9.17, 15) is 9.59 Å². The van der Waals surface area contributed by atoms with E-state index >= 15 is 0 Å². The smallest absolute Gasteiger partial charge is 0.287 e. The minimum atomic E-state index is -0.431. The van der Waals surface area contributed by atoms with Crippen LogP contribution in [0.1, 0.15) is 22.0 Å². The second-order valence-corrected chi connectivity index (χ2v) is 7.01. The molecule has 5 rings (SSSR count). The van der Waals surface area contributed by atoms with Gasteiger partial charge in [-0.3, -0.25) is 9.59 Å². The van der Waals surface area contributed by atoms with Gasteiger partial charge in [-0.25, -0.2) is 0 Å². The van der Waals surface area contributed by atoms with Crippen molar-refractivity contribution in [2.75, 3.05) is 5.32 Å². The number of anilines is 1. The monoisotopic (exact) mass is 408 g/mol. The maximum absolute atomic E-state index is 13.0. The summed E-state index contributed by atoms with van der Waals surface area (Å²) in [4.78, 5) is 24.3. The standard InChI is InChI=1S/C24H16N4O3/c29-22-13-12-20(26-27-22)17-8-4-5-9-19(17)25-24(30)16-10-11-21-18(14-16)23(31-28-21)15-6-2-1-3-7-15/h1-14,20H,(H,25,30). The van der Waals surface area contributed by atoms with E-state index in [4.69, 9.17) is 4.52 Å². The first-order valence-electron chi connectivity index (χ1n) is 9.67. The minimum Gasteiger partial charge on any atom is -0.355 e. The second-order valence-electron chi connectivity index (χ2n) is 7.01. The number of amides is 2. The van der Waals surface area contributed by atoms with Crippen LogP contribution in [0.15, 0.2) is 99.7 Å². The third-order valence-corrected chi connectivity index (χ3v) is 5.00. The molecule has 0 saturated carbocycles. The Hall–Kier alpha value is -4.39. The number of carbonyl (C=O) groups excluding carboxylic acids is 2. The van der Waals surface area contributed by atoms with Crippen LogP contribution in [-0.4, -0.2) is 17.0 Å². The molecule has 1 aromatic heterocycles. The van der Waals surface area contributed by atoms with E-state index in [-0.39, 0.29) is 5.91 Å². The highest BCUT2D eigenvalue weighted by Gasteiger charge is 2.18. The zero-order chi connectivity index (χ0) is 21.2. The molecule has 2 heterocycles. The van der Waals surface area contributed by atoms with Crippen molar-refractivity contribution in [1.82, 2.24) is 5.16 Å². The summed E-state index contributed by atoms with van der Waals surface area (Å²) in [5.41, 5.74) is 3.38. The lowest BCUT2D eigenvalue weighted by atomic mass is 10.0. The van der Waals surface area contributed by atoms with E-state index in [1.165, 1.54) is 6.08 Å². The third kappa shape index (κ3) is 3.64. The highest BCUT2D eigenvalue weighted by molar-refractivity contribution is 6.07. The minimum absolute atomic E-state index is 0.276. The summed E-state index contributed by atoms with van der Waals surface area (Å²) in [5, 5.41) is 15.4. The molecule has 31 heavy (non-hydrogen) atoms. The van der Waals surface area contributed by atoms with Gasteiger partial charge in [0.15, 0.2) is 5.76 Å². The molecule has 1 atom stereocenters. The number of rotatable bonds is 4. The predicted molar refractivity (Wildman–Crippen MR) is 116 cm³/mol. The van der Waals surface area contributed by atoms with Crippen LogP contribution in [0.3, 0.4) is 0 Å². The summed E-state index contributed by atoms with van der Waals surface area (Å²) in [6, 6.07) is 21.7. The van der Waals surface area contributed by atoms with Crippen LogP contribution in [0.4, 0.5) is 5.69 Å². The van der Waals surface area contributed by atoms with E-state index in [1.54, 1.807) is 30.3 Å². The average molecular weight is 408 g/mol. The van der Waals surface area contributed by atoms with Crippen LogP contribution in [0, 0.1) is 0 Å². The van der Waals surface area contributed by atoms with Crippen molar-refractivity contribution in [2.24, 2.45) is 10.2 Å². The highest BCUT2D eigenvalue weighted by atomic mass is 16.5. The Bertz CT molecular complexity index is 1340. The lowest BCUT2D eigenvalue weighted by Gasteiger charge is -2.15. The lowest BCUT2D eigenvalue weighted by Crippen LogP contribution is -2.14. The Labute approximate surface area is 177 Å². The van der Waals surface area contributed by atoms with Gasteiger partial charge in [-0.05, 0) is 30.3 Å². The average Bonchev–Trinajstić information content (AvgIpc) is 3.24. The largest absolute Gasteiger partial charge is 0.355 e. The quantitative estimate of drug-likeness (QED) is 0.493. The first kappa shape index (κ1) is 18.6. The zero-order valence-electron chi connectivity index (χ0n) is 16.2. The first-order chi connectivity index (χ1) is 15.2. The van der Waals surface area contributed by atoms with Crippen molar-refractivity contribution in [2.45, 2.75) is 6.04 Å². The Balaban J connectivity index is 1.46. The number of aromatic nitrogens is 1. The van der Waals surface area contributed by atoms with E-state index in [0.717, 1.165) is 16.5 Å². The molecule has 1 aliphatic heterocycles. The molecule has 0 aliphatic carbocycles. The predicted octanol–water partition coefficient (Wildman–Crippen LogP) is 5.34. The molecule has 4 aromatic rings. The van der Waals surface area contributed by atoms with Crippen LogP contribution in [0.2, 0.25) is 0 Å². The molecule has 0 spiro atoms. The second kappa shape index (κ2) is 7.79. The molecule has 0 radical (unpaired) electrons. The van der Waals surface area contributed by atoms with Crippen molar-refractivity contribution < 1.29 is 14.1 Å². The SMILES string of the molecule is O=C1C=CC(c2ccccc2NC(=O)c2ccc3noc(-c4ccccc4)c3c2)N=N1. The molecule has 1 aliphatic rings. The van der Waals surface area contributed by atoms with Crippen LogP contribution in [0.5, 0.6) is 0 Å². The first-order valence-corrected chi connectivity index (χ1v) is 9.67. The van der Waals surface area contributed by atoms with Gasteiger partial charge in [0.1, 0.15) is 11.6 Å². The Morgan fingerprint density at radius 2 is 1.77 bits per heavy atom. The maximum Gasteiger partial charge on any atom is 0.287 e. The lowest BCUT2D eigenvalue weighted by molar-refractivity contribution is -0.114. The van der Waals surface area contributed by atoms with Gasteiger partial charge in [-0.2, -0.15) is 5.11 Å². The van der Waals surface area contributed by atoms with Gasteiger partial charge >= 0.3 is 0 Å². The molecule has 0 bridgehead atoms. The number of azo groups is 1. The molecule has 150 valence electrons. The number of nitrogens with one attached hydrogen (secondary N) is 1. The number of benzene rings is 3. The van der Waals surface area contributed by atoms with Gasteiger partial charge in [-0.1, -0.05) is 53.7 Å². The van der Waals surface area contributed by atoms with Gasteiger partial charge in [-0.15, -0.1) is 5.11 Å². The van der Waals surface area contributed by atoms with Crippen molar-refractivity contribution in [3.8, 4) is 11.3 Å². The maximum atomic E-state index is 13.0. The van der Waals surface area contributed by atoms with Gasteiger partial charge in [0.2, 0.25) is 0 Å². The Morgan fingerprint density at radius 1 is 0.968 bits per heavy atom. The summed E-state index contributed by atoms with van der Waals surface area (Å²) in [7, 11) is 0. The van der Waals surface area contributed by atoms with E-state index < -0.39 is 11.9 Å². The third-order valence-electron chi connectivity index (χ3n) is 5.00. The summed E-state index contributed by atoms with van der Waals surface area (Å²) in [6.45, 7) is 0. The summed E-state index contributed by atoms with van der Waals surface area (Å²) >= 11 is 0. The molecule has 2 amide bonds. The Kier molecular flexibility index (Phi) is 4.68. The van der Waals surface area contributed by atoms with Gasteiger partial charge in [0, 0.05) is 28.5 Å². The number of nitrogens with zero attached hydrogens (tertiary/aromatic N) is 3. The zero-order valence-corrected chi connectivity index (χ0v) is 16.2. The highest BCUT2D eigenvalue weighted by Crippen LogP contribution is 2.31. The molecule has 7 heteroatoms. The van der Waals surface area contributed by atoms with Gasteiger partial charge in [0.25, 0.3) is 11.8 Å². The van der Waals surface area contributed by atoms with Crippen molar-refractivity contribution >= 4 is 28.4 Å². The van der Waals surface area contributed by atoms with Crippen LogP contribution in [0.25, 0.3) is 22.2 Å². The van der Waals surface area contributed by atoms with E-state index in [1.807, 2.05) is 48.5 Å². The summed E-state index contributed by atoms with van der Waals surface area (Å²) in [5.74, 6) is -0.0561. The Morgan fingerprint density at radius 3 is 2.58 bits per heavy atom. The molecule has 1 unspecified atom stereocenters. The molecule has 1 N–H and O–H groups in total. The number of para-hydroxylation sites is 1.